The number of aromatic amines is 1. The van der Waals surface area contributed by atoms with E-state index in [1.165, 1.54) is 10.6 Å². The van der Waals surface area contributed by atoms with Crippen LogP contribution in [0.2, 0.25) is 0 Å². The summed E-state index contributed by atoms with van der Waals surface area (Å²) in [6.07, 6.45) is 0.961. The normalized spacial score (nSPS) is 19.6. The molecule has 0 saturated heterocycles. The van der Waals surface area contributed by atoms with E-state index in [1.807, 2.05) is 0 Å². The SMILES string of the molecule is CC1(C)CC1Cn1c(=O)c(=O)[nH]c2cccc(C(=O)O)c21. The molecule has 2 N–H and O–H groups in total. The molecule has 21 heavy (non-hydrogen) atoms. The van der Waals surface area contributed by atoms with Crippen LogP contribution < -0.4 is 11.1 Å². The van der Waals surface area contributed by atoms with Gasteiger partial charge in [0.25, 0.3) is 0 Å². The topological polar surface area (TPSA) is 92.2 Å². The lowest BCUT2D eigenvalue weighted by atomic mass is 10.1. The summed E-state index contributed by atoms with van der Waals surface area (Å²) in [5, 5.41) is 9.31. The van der Waals surface area contributed by atoms with Gasteiger partial charge >= 0.3 is 17.1 Å². The smallest absolute Gasteiger partial charge is 0.337 e. The van der Waals surface area contributed by atoms with Crippen molar-refractivity contribution in [2.75, 3.05) is 0 Å². The Morgan fingerprint density at radius 3 is 2.67 bits per heavy atom. The summed E-state index contributed by atoms with van der Waals surface area (Å²) >= 11 is 0. The van der Waals surface area contributed by atoms with E-state index < -0.39 is 17.1 Å². The number of carboxylic acid groups (broad SMARTS) is 1. The third kappa shape index (κ3) is 2.16. The van der Waals surface area contributed by atoms with Gasteiger partial charge < -0.3 is 14.7 Å². The van der Waals surface area contributed by atoms with E-state index in [1.54, 1.807) is 12.1 Å². The lowest BCUT2D eigenvalue weighted by molar-refractivity contribution is 0.0698. The van der Waals surface area contributed by atoms with Crippen molar-refractivity contribution in [3.8, 4) is 0 Å². The molecule has 1 aromatic heterocycles. The maximum atomic E-state index is 12.2. The number of aromatic nitrogens is 2. The number of nitrogens with zero attached hydrogens (tertiary/aromatic N) is 1. The quantitative estimate of drug-likeness (QED) is 0.836. The van der Waals surface area contributed by atoms with Crippen LogP contribution in [0, 0.1) is 11.3 Å². The summed E-state index contributed by atoms with van der Waals surface area (Å²) < 4.78 is 1.32. The molecule has 1 aromatic carbocycles. The van der Waals surface area contributed by atoms with Gasteiger partial charge in [-0.25, -0.2) is 4.79 Å². The largest absolute Gasteiger partial charge is 0.478 e. The standard InChI is InChI=1S/C15H16N2O4/c1-15(2)6-8(15)7-17-11-9(14(20)21)4-3-5-10(11)16-12(18)13(17)19/h3-5,8H,6-7H2,1-2H3,(H,16,18)(H,20,21). The molecule has 0 bridgehead atoms. The van der Waals surface area contributed by atoms with Crippen molar-refractivity contribution >= 4 is 17.0 Å². The van der Waals surface area contributed by atoms with Gasteiger partial charge in [-0.1, -0.05) is 19.9 Å². The van der Waals surface area contributed by atoms with Crippen LogP contribution in [0.5, 0.6) is 0 Å². The molecule has 2 aromatic rings. The van der Waals surface area contributed by atoms with Crippen molar-refractivity contribution in [1.29, 1.82) is 0 Å². The highest BCUT2D eigenvalue weighted by Crippen LogP contribution is 2.52. The Hall–Kier alpha value is -2.37. The Morgan fingerprint density at radius 1 is 1.43 bits per heavy atom. The predicted molar refractivity (Wildman–Crippen MR) is 77.7 cm³/mol. The first-order valence-electron chi connectivity index (χ1n) is 6.80. The van der Waals surface area contributed by atoms with Crippen LogP contribution in [0.25, 0.3) is 11.0 Å². The molecular weight excluding hydrogens is 272 g/mol. The minimum absolute atomic E-state index is 0.0271. The van der Waals surface area contributed by atoms with E-state index in [9.17, 15) is 19.5 Å². The van der Waals surface area contributed by atoms with Crippen molar-refractivity contribution < 1.29 is 9.90 Å². The van der Waals surface area contributed by atoms with Crippen molar-refractivity contribution in [2.45, 2.75) is 26.8 Å². The first kappa shape index (κ1) is 13.6. The number of rotatable bonds is 3. The van der Waals surface area contributed by atoms with Crippen LogP contribution in [0.4, 0.5) is 0 Å². The Morgan fingerprint density at radius 2 is 2.10 bits per heavy atom. The number of carboxylic acids is 1. The highest BCUT2D eigenvalue weighted by molar-refractivity contribution is 6.00. The molecule has 3 rings (SSSR count). The minimum Gasteiger partial charge on any atom is -0.478 e. The lowest BCUT2D eigenvalue weighted by Gasteiger charge is -2.12. The second kappa shape index (κ2) is 4.31. The molecule has 1 saturated carbocycles. The number of para-hydroxylation sites is 1. The fourth-order valence-electron chi connectivity index (χ4n) is 2.79. The highest BCUT2D eigenvalue weighted by atomic mass is 16.4. The molecule has 1 heterocycles. The fourth-order valence-corrected chi connectivity index (χ4v) is 2.79. The molecule has 1 aliphatic rings. The summed E-state index contributed by atoms with van der Waals surface area (Å²) in [6, 6.07) is 4.60. The van der Waals surface area contributed by atoms with E-state index in [4.69, 9.17) is 0 Å². The number of hydrogen-bond donors (Lipinski definition) is 2. The number of carbonyl (C=O) groups is 1. The number of benzene rings is 1. The summed E-state index contributed by atoms with van der Waals surface area (Å²) in [5.74, 6) is -0.835. The van der Waals surface area contributed by atoms with E-state index in [2.05, 4.69) is 18.8 Å². The van der Waals surface area contributed by atoms with Crippen LogP contribution >= 0.6 is 0 Å². The number of fused-ring (bicyclic) bond motifs is 1. The van der Waals surface area contributed by atoms with Gasteiger partial charge in [0.15, 0.2) is 0 Å². The predicted octanol–water partition coefficient (Wildman–Crippen LogP) is 1.43. The van der Waals surface area contributed by atoms with Gasteiger partial charge in [-0.05, 0) is 29.9 Å². The monoisotopic (exact) mass is 288 g/mol. The van der Waals surface area contributed by atoms with Crippen molar-refractivity contribution in [1.82, 2.24) is 9.55 Å². The zero-order valence-electron chi connectivity index (χ0n) is 11.8. The Labute approximate surface area is 120 Å². The first-order valence-corrected chi connectivity index (χ1v) is 6.80. The minimum atomic E-state index is -1.11. The van der Waals surface area contributed by atoms with Gasteiger partial charge in [-0.2, -0.15) is 0 Å². The number of nitrogens with one attached hydrogen (secondary N) is 1. The molecule has 110 valence electrons. The van der Waals surface area contributed by atoms with Gasteiger partial charge in [0.1, 0.15) is 0 Å². The molecule has 0 radical (unpaired) electrons. The van der Waals surface area contributed by atoms with Gasteiger partial charge in [-0.15, -0.1) is 0 Å². The highest BCUT2D eigenvalue weighted by Gasteiger charge is 2.45. The van der Waals surface area contributed by atoms with Gasteiger partial charge in [0.05, 0.1) is 16.6 Å². The van der Waals surface area contributed by atoms with Crippen LogP contribution in [0.1, 0.15) is 30.6 Å². The number of hydrogen-bond acceptors (Lipinski definition) is 3. The fraction of sp³-hybridized carbons (Fsp3) is 0.400. The maximum Gasteiger partial charge on any atom is 0.337 e. The summed E-state index contributed by atoms with van der Waals surface area (Å²) in [7, 11) is 0. The molecule has 6 nitrogen and oxygen atoms in total. The summed E-state index contributed by atoms with van der Waals surface area (Å²) in [4.78, 5) is 37.8. The van der Waals surface area contributed by atoms with Crippen LogP contribution in [-0.4, -0.2) is 20.6 Å². The molecular formula is C15H16N2O4. The average Bonchev–Trinajstić information content (AvgIpc) is 3.01. The summed E-state index contributed by atoms with van der Waals surface area (Å²) in [5.41, 5.74) is -0.594. The third-order valence-corrected chi connectivity index (χ3v) is 4.34. The third-order valence-electron chi connectivity index (χ3n) is 4.34. The van der Waals surface area contributed by atoms with Crippen molar-refractivity contribution in [3.63, 3.8) is 0 Å². The van der Waals surface area contributed by atoms with E-state index in [0.29, 0.717) is 12.1 Å². The zero-order valence-corrected chi connectivity index (χ0v) is 11.8. The van der Waals surface area contributed by atoms with E-state index in [0.717, 1.165) is 6.42 Å². The first-order chi connectivity index (χ1) is 9.81. The van der Waals surface area contributed by atoms with Crippen molar-refractivity contribution in [2.24, 2.45) is 11.3 Å². The Balaban J connectivity index is 2.29. The van der Waals surface area contributed by atoms with Crippen LogP contribution in [0.15, 0.2) is 27.8 Å². The number of aromatic carboxylic acids is 1. The Kier molecular flexibility index (Phi) is 2.79. The zero-order chi connectivity index (χ0) is 15.4. The molecule has 0 spiro atoms. The van der Waals surface area contributed by atoms with E-state index >= 15 is 0 Å². The van der Waals surface area contributed by atoms with Gasteiger partial charge in [0.2, 0.25) is 0 Å². The van der Waals surface area contributed by atoms with Crippen LogP contribution in [-0.2, 0) is 6.54 Å². The molecule has 1 atom stereocenters. The van der Waals surface area contributed by atoms with Crippen LogP contribution in [0.3, 0.4) is 0 Å². The van der Waals surface area contributed by atoms with Gasteiger partial charge in [-0.3, -0.25) is 9.59 Å². The maximum absolute atomic E-state index is 12.2. The second-order valence-electron chi connectivity index (χ2n) is 6.27. The molecule has 0 aliphatic heterocycles. The average molecular weight is 288 g/mol. The second-order valence-corrected chi connectivity index (χ2v) is 6.27. The van der Waals surface area contributed by atoms with Gasteiger partial charge in [0, 0.05) is 6.54 Å². The molecule has 1 aliphatic carbocycles. The molecule has 1 unspecified atom stereocenters. The molecule has 6 heteroatoms. The number of H-pyrrole nitrogens is 1. The lowest BCUT2D eigenvalue weighted by Crippen LogP contribution is -2.37. The van der Waals surface area contributed by atoms with E-state index in [-0.39, 0.29) is 22.4 Å². The molecule has 1 fully saturated rings. The Bertz CT molecular complexity index is 860. The van der Waals surface area contributed by atoms with Crippen molar-refractivity contribution in [3.05, 3.63) is 44.5 Å². The molecule has 0 amide bonds. The summed E-state index contributed by atoms with van der Waals surface area (Å²) in [6.45, 7) is 4.56.